The zero-order valence-electron chi connectivity index (χ0n) is 9.80. The van der Waals surface area contributed by atoms with Crippen molar-refractivity contribution in [1.82, 2.24) is 0 Å². The Hall–Kier alpha value is -0.200. The van der Waals surface area contributed by atoms with E-state index < -0.39 is 23.8 Å². The van der Waals surface area contributed by atoms with E-state index in [2.05, 4.69) is 0 Å². The van der Waals surface area contributed by atoms with E-state index in [0.29, 0.717) is 0 Å². The molecule has 5 heteroatoms. The molecule has 0 amide bonds. The van der Waals surface area contributed by atoms with Crippen LogP contribution in [-0.4, -0.2) is 48.2 Å². The number of hydrogen-bond acceptors (Lipinski definition) is 5. The summed E-state index contributed by atoms with van der Waals surface area (Å²) in [5.41, 5.74) is -0.612. The first-order valence-corrected chi connectivity index (χ1v) is 5.73. The summed E-state index contributed by atoms with van der Waals surface area (Å²) in [6.07, 6.45) is 0.170. The van der Waals surface area contributed by atoms with Gasteiger partial charge in [-0.2, -0.15) is 0 Å². The molecule has 0 aromatic rings. The normalized spacial score (nSPS) is 54.0. The fourth-order valence-corrected chi connectivity index (χ4v) is 2.93. The predicted molar refractivity (Wildman–Crippen MR) is 53.7 cm³/mol. The first kappa shape index (κ1) is 10.9. The Morgan fingerprint density at radius 2 is 2.00 bits per heavy atom. The third-order valence-corrected chi connectivity index (χ3v) is 3.82. The Morgan fingerprint density at radius 1 is 1.25 bits per heavy atom. The van der Waals surface area contributed by atoms with Gasteiger partial charge in [-0.3, -0.25) is 0 Å². The number of aliphatic hydroxyl groups excluding tert-OH is 1. The van der Waals surface area contributed by atoms with Crippen molar-refractivity contribution in [2.75, 3.05) is 7.11 Å². The van der Waals surface area contributed by atoms with Crippen LogP contribution in [0, 0.1) is 0 Å². The Labute approximate surface area is 94.6 Å². The highest BCUT2D eigenvalue weighted by molar-refractivity contribution is 5.13. The van der Waals surface area contributed by atoms with Gasteiger partial charge in [-0.05, 0) is 26.7 Å². The zero-order valence-corrected chi connectivity index (χ0v) is 9.80. The third-order valence-electron chi connectivity index (χ3n) is 3.82. The Kier molecular flexibility index (Phi) is 2.17. The molecule has 1 N–H and O–H groups in total. The maximum absolute atomic E-state index is 9.91. The first-order chi connectivity index (χ1) is 7.48. The lowest BCUT2D eigenvalue weighted by atomic mass is 9.73. The average Bonchev–Trinajstić information content (AvgIpc) is 2.68. The standard InChI is InChI=1S/C11H18O5/c1-10(2)14-7-8(15-10)11(5-4-6(11)12)16-9(7)13-3/h6-9,12H,4-5H2,1-3H3/t6-,7+,8?,9-,11+/m1/s1. The van der Waals surface area contributed by atoms with Crippen LogP contribution in [0.5, 0.6) is 0 Å². The number of rotatable bonds is 1. The second-order valence-corrected chi connectivity index (χ2v) is 5.25. The van der Waals surface area contributed by atoms with Gasteiger partial charge in [0.15, 0.2) is 12.1 Å². The molecule has 92 valence electrons. The van der Waals surface area contributed by atoms with E-state index in [1.165, 1.54) is 0 Å². The summed E-state index contributed by atoms with van der Waals surface area (Å²) in [6.45, 7) is 3.74. The first-order valence-electron chi connectivity index (χ1n) is 5.73. The minimum absolute atomic E-state index is 0.226. The molecule has 0 radical (unpaired) electrons. The minimum Gasteiger partial charge on any atom is -0.390 e. The molecule has 3 aliphatic rings. The van der Waals surface area contributed by atoms with Gasteiger partial charge in [0.25, 0.3) is 0 Å². The summed E-state index contributed by atoms with van der Waals surface area (Å²) < 4.78 is 22.7. The summed E-state index contributed by atoms with van der Waals surface area (Å²) in [5, 5.41) is 9.91. The fourth-order valence-electron chi connectivity index (χ4n) is 2.93. The molecule has 2 heterocycles. The largest absolute Gasteiger partial charge is 0.390 e. The lowest BCUT2D eigenvalue weighted by molar-refractivity contribution is -0.289. The van der Waals surface area contributed by atoms with Crippen LogP contribution >= 0.6 is 0 Å². The lowest BCUT2D eigenvalue weighted by Crippen LogP contribution is -2.59. The molecule has 0 bridgehead atoms. The van der Waals surface area contributed by atoms with Crippen LogP contribution in [0.1, 0.15) is 26.7 Å². The summed E-state index contributed by atoms with van der Waals surface area (Å²) in [7, 11) is 1.58. The summed E-state index contributed by atoms with van der Waals surface area (Å²) in [5.74, 6) is -0.627. The fraction of sp³-hybridized carbons (Fsp3) is 1.00. The van der Waals surface area contributed by atoms with Crippen molar-refractivity contribution >= 4 is 0 Å². The van der Waals surface area contributed by atoms with Crippen molar-refractivity contribution < 1.29 is 24.1 Å². The van der Waals surface area contributed by atoms with Gasteiger partial charge in [-0.25, -0.2) is 0 Å². The number of fused-ring (bicyclic) bond motifs is 2. The summed E-state index contributed by atoms with van der Waals surface area (Å²) >= 11 is 0. The van der Waals surface area contributed by atoms with Gasteiger partial charge in [0.1, 0.15) is 17.8 Å². The van der Waals surface area contributed by atoms with E-state index in [1.54, 1.807) is 7.11 Å². The Bertz CT molecular complexity index is 305. The van der Waals surface area contributed by atoms with Gasteiger partial charge >= 0.3 is 0 Å². The van der Waals surface area contributed by atoms with Crippen LogP contribution in [0.4, 0.5) is 0 Å². The molecular weight excluding hydrogens is 212 g/mol. The molecule has 16 heavy (non-hydrogen) atoms. The van der Waals surface area contributed by atoms with Crippen LogP contribution in [0.2, 0.25) is 0 Å². The number of ether oxygens (including phenoxy) is 4. The van der Waals surface area contributed by atoms with Gasteiger partial charge < -0.3 is 24.1 Å². The molecule has 2 saturated heterocycles. The molecule has 5 nitrogen and oxygen atoms in total. The minimum atomic E-state index is -0.627. The maximum atomic E-state index is 9.91. The second-order valence-electron chi connectivity index (χ2n) is 5.25. The van der Waals surface area contributed by atoms with E-state index in [0.717, 1.165) is 12.8 Å². The Morgan fingerprint density at radius 3 is 2.50 bits per heavy atom. The molecule has 3 rings (SSSR count). The van der Waals surface area contributed by atoms with E-state index in [4.69, 9.17) is 18.9 Å². The monoisotopic (exact) mass is 230 g/mol. The summed E-state index contributed by atoms with van der Waals surface area (Å²) in [6, 6.07) is 0. The highest BCUT2D eigenvalue weighted by Gasteiger charge is 2.68. The molecule has 0 aromatic carbocycles. The van der Waals surface area contributed by atoms with E-state index >= 15 is 0 Å². The van der Waals surface area contributed by atoms with Crippen LogP contribution in [0.3, 0.4) is 0 Å². The molecule has 1 spiro atoms. The topological polar surface area (TPSA) is 57.2 Å². The molecule has 2 aliphatic heterocycles. The van der Waals surface area contributed by atoms with Gasteiger partial charge in [0, 0.05) is 7.11 Å². The van der Waals surface area contributed by atoms with Crippen molar-refractivity contribution in [1.29, 1.82) is 0 Å². The average molecular weight is 230 g/mol. The van der Waals surface area contributed by atoms with Gasteiger partial charge in [-0.1, -0.05) is 0 Å². The van der Waals surface area contributed by atoms with E-state index in [-0.39, 0.29) is 12.2 Å². The summed E-state index contributed by atoms with van der Waals surface area (Å²) in [4.78, 5) is 0. The molecule has 1 saturated carbocycles. The van der Waals surface area contributed by atoms with Crippen LogP contribution in [0.15, 0.2) is 0 Å². The van der Waals surface area contributed by atoms with Crippen LogP contribution < -0.4 is 0 Å². The molecule has 1 aliphatic carbocycles. The molecule has 3 fully saturated rings. The highest BCUT2D eigenvalue weighted by atomic mass is 16.8. The van der Waals surface area contributed by atoms with E-state index in [9.17, 15) is 5.11 Å². The van der Waals surface area contributed by atoms with Crippen molar-refractivity contribution in [3.63, 3.8) is 0 Å². The zero-order chi connectivity index (χ0) is 11.6. The number of methoxy groups -OCH3 is 1. The molecular formula is C11H18O5. The van der Waals surface area contributed by atoms with Crippen molar-refractivity contribution in [2.45, 2.75) is 62.7 Å². The predicted octanol–water partition coefficient (Wildman–Crippen LogP) is 0.403. The van der Waals surface area contributed by atoms with Gasteiger partial charge in [-0.15, -0.1) is 0 Å². The van der Waals surface area contributed by atoms with Gasteiger partial charge in [0.05, 0.1) is 6.10 Å². The molecule has 5 atom stereocenters. The van der Waals surface area contributed by atoms with Gasteiger partial charge in [0.2, 0.25) is 0 Å². The van der Waals surface area contributed by atoms with Crippen LogP contribution in [-0.2, 0) is 18.9 Å². The molecule has 1 unspecified atom stereocenters. The maximum Gasteiger partial charge on any atom is 0.187 e. The van der Waals surface area contributed by atoms with Crippen molar-refractivity contribution in [2.24, 2.45) is 0 Å². The number of hydrogen-bond donors (Lipinski definition) is 1. The Balaban J connectivity index is 1.89. The smallest absolute Gasteiger partial charge is 0.187 e. The second kappa shape index (κ2) is 3.17. The van der Waals surface area contributed by atoms with Crippen molar-refractivity contribution in [3.05, 3.63) is 0 Å². The van der Waals surface area contributed by atoms with Crippen molar-refractivity contribution in [3.8, 4) is 0 Å². The third kappa shape index (κ3) is 1.23. The number of aliphatic hydroxyl groups is 1. The lowest BCUT2D eigenvalue weighted by Gasteiger charge is -2.45. The van der Waals surface area contributed by atoms with E-state index in [1.807, 2.05) is 13.8 Å². The molecule has 0 aromatic heterocycles. The SMILES string of the molecule is CO[C@@H]1O[C@]2(CC[C@H]2O)C2OC(C)(C)O[C@@H]21. The quantitative estimate of drug-likeness (QED) is 0.706. The highest BCUT2D eigenvalue weighted by Crippen LogP contribution is 2.52. The van der Waals surface area contributed by atoms with Crippen LogP contribution in [0.25, 0.3) is 0 Å².